The number of rotatable bonds is 7. The first kappa shape index (κ1) is 22.3. The van der Waals surface area contributed by atoms with Crippen LogP contribution < -0.4 is 16.2 Å². The van der Waals surface area contributed by atoms with Gasteiger partial charge in [-0.3, -0.25) is 25.2 Å². The smallest absolute Gasteiger partial charge is 0.257 e. The highest BCUT2D eigenvalue weighted by Gasteiger charge is 2.27. The number of piperidine rings is 1. The Morgan fingerprint density at radius 1 is 0.935 bits per heavy atom. The summed E-state index contributed by atoms with van der Waals surface area (Å²) in [5.41, 5.74) is 8.10. The molecule has 3 amide bonds. The third-order valence-corrected chi connectivity index (χ3v) is 5.52. The van der Waals surface area contributed by atoms with Crippen LogP contribution in [0.25, 0.3) is 0 Å². The second kappa shape index (κ2) is 11.2. The van der Waals surface area contributed by atoms with E-state index in [1.807, 2.05) is 66.4 Å². The number of carbonyl (C=O) groups is 3. The van der Waals surface area contributed by atoms with Crippen molar-refractivity contribution in [3.05, 3.63) is 65.7 Å². The fourth-order valence-corrected chi connectivity index (χ4v) is 3.58. The van der Waals surface area contributed by atoms with Gasteiger partial charge in [0.1, 0.15) is 0 Å². The highest BCUT2D eigenvalue weighted by molar-refractivity contribution is 5.85. The van der Waals surface area contributed by atoms with Gasteiger partial charge >= 0.3 is 0 Å². The minimum absolute atomic E-state index is 0.0672. The number of hydrogen-bond donors (Lipinski definition) is 3. The lowest BCUT2D eigenvalue weighted by Gasteiger charge is -2.31. The van der Waals surface area contributed by atoms with E-state index in [0.717, 1.165) is 23.2 Å². The quantitative estimate of drug-likeness (QED) is 0.598. The molecule has 1 saturated heterocycles. The number of carbonyl (C=O) groups excluding carboxylic acids is 3. The van der Waals surface area contributed by atoms with E-state index in [-0.39, 0.29) is 30.2 Å². The van der Waals surface area contributed by atoms with Gasteiger partial charge in [-0.05, 0) is 43.9 Å². The zero-order chi connectivity index (χ0) is 22.1. The molecule has 1 aliphatic rings. The molecule has 0 unspecified atom stereocenters. The van der Waals surface area contributed by atoms with E-state index in [1.165, 1.54) is 0 Å². The number of hydrogen-bond acceptors (Lipinski definition) is 4. The van der Waals surface area contributed by atoms with Gasteiger partial charge in [0.25, 0.3) is 5.91 Å². The Hall–Kier alpha value is -3.35. The molecule has 0 radical (unpaired) electrons. The zero-order valence-electron chi connectivity index (χ0n) is 17.9. The number of nitrogens with one attached hydrogen (secondary N) is 3. The van der Waals surface area contributed by atoms with Crippen LogP contribution in [0.4, 0.5) is 5.69 Å². The molecular weight excluding hydrogens is 392 g/mol. The highest BCUT2D eigenvalue weighted by atomic mass is 16.2. The molecule has 3 rings (SSSR count). The average molecular weight is 423 g/mol. The molecule has 0 saturated carbocycles. The molecule has 0 atom stereocenters. The lowest BCUT2D eigenvalue weighted by atomic mass is 9.95. The van der Waals surface area contributed by atoms with E-state index in [0.29, 0.717) is 32.4 Å². The number of anilines is 1. The second-order valence-electron chi connectivity index (χ2n) is 7.90. The molecule has 0 bridgehead atoms. The van der Waals surface area contributed by atoms with E-state index in [4.69, 9.17) is 0 Å². The summed E-state index contributed by atoms with van der Waals surface area (Å²) in [4.78, 5) is 38.6. The van der Waals surface area contributed by atoms with E-state index in [2.05, 4.69) is 16.2 Å². The van der Waals surface area contributed by atoms with Gasteiger partial charge < -0.3 is 10.2 Å². The van der Waals surface area contributed by atoms with Crippen molar-refractivity contribution in [2.24, 2.45) is 5.92 Å². The zero-order valence-corrected chi connectivity index (χ0v) is 17.9. The Labute approximate surface area is 183 Å². The molecule has 2 aromatic carbocycles. The molecule has 1 aliphatic heterocycles. The summed E-state index contributed by atoms with van der Waals surface area (Å²) >= 11 is 0. The van der Waals surface area contributed by atoms with Crippen LogP contribution in [0.2, 0.25) is 0 Å². The highest BCUT2D eigenvalue weighted by Crippen LogP contribution is 2.18. The molecule has 3 N–H and O–H groups in total. The van der Waals surface area contributed by atoms with Crippen molar-refractivity contribution in [2.75, 3.05) is 25.0 Å². The number of aryl methyl sites for hydroxylation is 2. The summed E-state index contributed by atoms with van der Waals surface area (Å²) in [7, 11) is 0. The van der Waals surface area contributed by atoms with Crippen molar-refractivity contribution in [3.63, 3.8) is 0 Å². The van der Waals surface area contributed by atoms with E-state index >= 15 is 0 Å². The van der Waals surface area contributed by atoms with Crippen LogP contribution in [0.1, 0.15) is 30.4 Å². The minimum Gasteiger partial charge on any atom is -0.376 e. The Morgan fingerprint density at radius 3 is 2.29 bits per heavy atom. The SMILES string of the molecule is Cc1ccc(NCC(=O)NNC(=O)C2CCN(C(=O)CCc3ccccc3)CC2)cc1. The van der Waals surface area contributed by atoms with Crippen molar-refractivity contribution in [1.82, 2.24) is 15.8 Å². The van der Waals surface area contributed by atoms with Gasteiger partial charge in [0, 0.05) is 31.1 Å². The third kappa shape index (κ3) is 7.13. The van der Waals surface area contributed by atoms with Crippen molar-refractivity contribution < 1.29 is 14.4 Å². The fourth-order valence-electron chi connectivity index (χ4n) is 3.58. The molecule has 7 heteroatoms. The molecule has 0 aliphatic carbocycles. The molecule has 31 heavy (non-hydrogen) atoms. The number of nitrogens with zero attached hydrogens (tertiary/aromatic N) is 1. The normalized spacial score (nSPS) is 14.0. The van der Waals surface area contributed by atoms with Gasteiger partial charge in [-0.15, -0.1) is 0 Å². The monoisotopic (exact) mass is 422 g/mol. The molecule has 7 nitrogen and oxygen atoms in total. The molecule has 1 fully saturated rings. The van der Waals surface area contributed by atoms with Gasteiger partial charge in [-0.1, -0.05) is 48.0 Å². The van der Waals surface area contributed by atoms with E-state index in [1.54, 1.807) is 0 Å². The fraction of sp³-hybridized carbons (Fsp3) is 0.375. The first-order valence-corrected chi connectivity index (χ1v) is 10.7. The standard InChI is InChI=1S/C24H30N4O3/c1-18-7-10-21(11-8-18)25-17-22(29)26-27-24(31)20-13-15-28(16-14-20)23(30)12-9-19-5-3-2-4-6-19/h2-8,10-11,20,25H,9,12-17H2,1H3,(H,26,29)(H,27,31). The Bertz CT molecular complexity index is 875. The van der Waals surface area contributed by atoms with Crippen LogP contribution in [-0.2, 0) is 20.8 Å². The summed E-state index contributed by atoms with van der Waals surface area (Å²) in [5, 5.41) is 3.01. The lowest BCUT2D eigenvalue weighted by Crippen LogP contribution is -2.49. The van der Waals surface area contributed by atoms with Gasteiger partial charge in [0.2, 0.25) is 11.8 Å². The van der Waals surface area contributed by atoms with Crippen LogP contribution in [-0.4, -0.2) is 42.3 Å². The number of benzene rings is 2. The largest absolute Gasteiger partial charge is 0.376 e. The molecule has 2 aromatic rings. The second-order valence-corrected chi connectivity index (χ2v) is 7.90. The Balaban J connectivity index is 1.32. The summed E-state index contributed by atoms with van der Waals surface area (Å²) < 4.78 is 0. The Kier molecular flexibility index (Phi) is 8.04. The van der Waals surface area contributed by atoms with Gasteiger partial charge in [-0.2, -0.15) is 0 Å². The summed E-state index contributed by atoms with van der Waals surface area (Å²) in [6, 6.07) is 17.7. The number of likely N-dealkylation sites (tertiary alicyclic amines) is 1. The molecule has 164 valence electrons. The van der Waals surface area contributed by atoms with Gasteiger partial charge in [-0.25, -0.2) is 0 Å². The van der Waals surface area contributed by atoms with E-state index < -0.39 is 0 Å². The van der Waals surface area contributed by atoms with Crippen LogP contribution in [0, 0.1) is 12.8 Å². The maximum Gasteiger partial charge on any atom is 0.257 e. The molecule has 0 aromatic heterocycles. The Morgan fingerprint density at radius 2 is 1.61 bits per heavy atom. The van der Waals surface area contributed by atoms with Crippen molar-refractivity contribution in [3.8, 4) is 0 Å². The number of amides is 3. The van der Waals surface area contributed by atoms with Gasteiger partial charge in [0.05, 0.1) is 6.54 Å². The first-order chi connectivity index (χ1) is 15.0. The lowest BCUT2D eigenvalue weighted by molar-refractivity contribution is -0.136. The van der Waals surface area contributed by atoms with Crippen LogP contribution in [0.5, 0.6) is 0 Å². The van der Waals surface area contributed by atoms with Gasteiger partial charge in [0.15, 0.2) is 0 Å². The molecular formula is C24H30N4O3. The summed E-state index contributed by atoms with van der Waals surface area (Å²) in [6.07, 6.45) is 2.40. The van der Waals surface area contributed by atoms with Crippen LogP contribution >= 0.6 is 0 Å². The van der Waals surface area contributed by atoms with Crippen LogP contribution in [0.3, 0.4) is 0 Å². The molecule has 1 heterocycles. The van der Waals surface area contributed by atoms with Crippen molar-refractivity contribution in [2.45, 2.75) is 32.6 Å². The van der Waals surface area contributed by atoms with E-state index in [9.17, 15) is 14.4 Å². The summed E-state index contributed by atoms with van der Waals surface area (Å²) in [5.74, 6) is -0.607. The maximum atomic E-state index is 12.4. The third-order valence-electron chi connectivity index (χ3n) is 5.52. The first-order valence-electron chi connectivity index (χ1n) is 10.7. The van der Waals surface area contributed by atoms with Crippen molar-refractivity contribution in [1.29, 1.82) is 0 Å². The predicted octanol–water partition coefficient (Wildman–Crippen LogP) is 2.43. The minimum atomic E-state index is -0.317. The maximum absolute atomic E-state index is 12.4. The van der Waals surface area contributed by atoms with Crippen molar-refractivity contribution >= 4 is 23.4 Å². The number of hydrazine groups is 1. The predicted molar refractivity (Wildman–Crippen MR) is 120 cm³/mol. The average Bonchev–Trinajstić information content (AvgIpc) is 2.81. The topological polar surface area (TPSA) is 90.5 Å². The van der Waals surface area contributed by atoms with Crippen LogP contribution in [0.15, 0.2) is 54.6 Å². The summed E-state index contributed by atoms with van der Waals surface area (Å²) in [6.45, 7) is 3.19. The molecule has 0 spiro atoms.